The summed E-state index contributed by atoms with van der Waals surface area (Å²) in [6, 6.07) is 8.17. The first-order valence-electron chi connectivity index (χ1n) is 9.43. The molecule has 0 saturated heterocycles. The maximum Gasteiger partial charge on any atom is 0.147 e. The van der Waals surface area contributed by atoms with E-state index in [9.17, 15) is 0 Å². The van der Waals surface area contributed by atoms with Crippen molar-refractivity contribution in [1.29, 1.82) is 0 Å². The zero-order chi connectivity index (χ0) is 19.1. The van der Waals surface area contributed by atoms with Gasteiger partial charge in [-0.3, -0.25) is 4.98 Å². The van der Waals surface area contributed by atoms with E-state index < -0.39 is 0 Å². The summed E-state index contributed by atoms with van der Waals surface area (Å²) in [5.74, 6) is 0.860. The highest BCUT2D eigenvalue weighted by Gasteiger charge is 2.28. The lowest BCUT2D eigenvalue weighted by atomic mass is 9.95. The Morgan fingerprint density at radius 3 is 3.00 bits per heavy atom. The van der Waals surface area contributed by atoms with Crippen molar-refractivity contribution in [1.82, 2.24) is 19.9 Å². The third kappa shape index (κ3) is 3.21. The van der Waals surface area contributed by atoms with Gasteiger partial charge in [-0.25, -0.2) is 15.0 Å². The minimum absolute atomic E-state index is 0.164. The van der Waals surface area contributed by atoms with Crippen molar-refractivity contribution in [3.63, 3.8) is 0 Å². The Bertz CT molecular complexity index is 1160. The number of thiophene rings is 1. The molecule has 4 aromatic heterocycles. The lowest BCUT2D eigenvalue weighted by Crippen LogP contribution is -2.32. The molecule has 0 saturated carbocycles. The summed E-state index contributed by atoms with van der Waals surface area (Å²) in [5, 5.41) is 4.53. The molecule has 4 aromatic rings. The highest BCUT2D eigenvalue weighted by molar-refractivity contribution is 7.25. The van der Waals surface area contributed by atoms with E-state index in [2.05, 4.69) is 40.2 Å². The SMILES string of the molecule is CC1(C)Cc2nc3sc4c(NCCc5ccccn5)ncnc4c3cc2CO1. The average Bonchev–Trinajstić information content (AvgIpc) is 3.05. The summed E-state index contributed by atoms with van der Waals surface area (Å²) >= 11 is 1.65. The van der Waals surface area contributed by atoms with Gasteiger partial charge in [-0.1, -0.05) is 6.07 Å². The molecule has 7 heteroatoms. The van der Waals surface area contributed by atoms with Crippen molar-refractivity contribution in [3.05, 3.63) is 53.7 Å². The standard InChI is InChI=1S/C21H21N5OS/c1-21(2)10-16-13(11-27-21)9-15-17-18(28-20(15)26-16)19(25-12-24-17)23-8-6-14-5-3-4-7-22-14/h3-5,7,9,12H,6,8,10-11H2,1-2H3,(H,23,24,25). The number of nitrogens with zero attached hydrogens (tertiary/aromatic N) is 4. The fraction of sp³-hybridized carbons (Fsp3) is 0.333. The minimum Gasteiger partial charge on any atom is -0.370 e. The Labute approximate surface area is 167 Å². The molecule has 0 fully saturated rings. The summed E-state index contributed by atoms with van der Waals surface area (Å²) in [6.45, 7) is 5.59. The first-order chi connectivity index (χ1) is 13.6. The van der Waals surface area contributed by atoms with Gasteiger partial charge in [-0.15, -0.1) is 11.3 Å². The Morgan fingerprint density at radius 1 is 1.21 bits per heavy atom. The fourth-order valence-corrected chi connectivity index (χ4v) is 4.66. The molecule has 0 aliphatic carbocycles. The predicted octanol–water partition coefficient (Wildman–Crippen LogP) is 4.14. The molecule has 0 radical (unpaired) electrons. The van der Waals surface area contributed by atoms with Gasteiger partial charge in [0.05, 0.1) is 28.1 Å². The number of hydrogen-bond donors (Lipinski definition) is 1. The van der Waals surface area contributed by atoms with Crippen LogP contribution in [0.4, 0.5) is 5.82 Å². The van der Waals surface area contributed by atoms with Gasteiger partial charge in [-0.2, -0.15) is 0 Å². The van der Waals surface area contributed by atoms with Gasteiger partial charge in [-0.05, 0) is 32.0 Å². The number of anilines is 1. The van der Waals surface area contributed by atoms with Crippen LogP contribution >= 0.6 is 11.3 Å². The molecular weight excluding hydrogens is 370 g/mol. The average molecular weight is 392 g/mol. The first kappa shape index (κ1) is 17.5. The number of fused-ring (bicyclic) bond motifs is 4. The first-order valence-corrected chi connectivity index (χ1v) is 10.2. The summed E-state index contributed by atoms with van der Waals surface area (Å²) in [5.41, 5.74) is 4.15. The Balaban J connectivity index is 1.48. The van der Waals surface area contributed by atoms with Gasteiger partial charge < -0.3 is 10.1 Å². The lowest BCUT2D eigenvalue weighted by Gasteiger charge is -2.30. The van der Waals surface area contributed by atoms with Crippen LogP contribution in [0.5, 0.6) is 0 Å². The van der Waals surface area contributed by atoms with E-state index in [1.165, 1.54) is 0 Å². The maximum absolute atomic E-state index is 5.96. The number of pyridine rings is 2. The molecule has 142 valence electrons. The molecule has 0 bridgehead atoms. The number of rotatable bonds is 4. The maximum atomic E-state index is 5.96. The highest BCUT2D eigenvalue weighted by atomic mass is 32.1. The number of nitrogens with one attached hydrogen (secondary N) is 1. The molecule has 6 nitrogen and oxygen atoms in total. The largest absolute Gasteiger partial charge is 0.370 e. The molecular formula is C21H21N5OS. The van der Waals surface area contributed by atoms with Gasteiger partial charge >= 0.3 is 0 Å². The van der Waals surface area contributed by atoms with Crippen LogP contribution in [0.25, 0.3) is 20.4 Å². The van der Waals surface area contributed by atoms with E-state index in [-0.39, 0.29) is 5.60 Å². The number of ether oxygens (including phenoxy) is 1. The van der Waals surface area contributed by atoms with Crippen molar-refractivity contribution in [2.45, 2.75) is 38.9 Å². The van der Waals surface area contributed by atoms with Crippen LogP contribution < -0.4 is 5.32 Å². The Hall–Kier alpha value is -2.64. The van der Waals surface area contributed by atoms with E-state index in [0.29, 0.717) is 6.61 Å². The summed E-state index contributed by atoms with van der Waals surface area (Å²) in [4.78, 5) is 19.3. The van der Waals surface area contributed by atoms with Gasteiger partial charge in [0.2, 0.25) is 0 Å². The molecule has 0 amide bonds. The van der Waals surface area contributed by atoms with Crippen LogP contribution in [-0.4, -0.2) is 32.1 Å². The fourth-order valence-electron chi connectivity index (χ4n) is 3.57. The quantitative estimate of drug-likeness (QED) is 0.564. The molecule has 5 heterocycles. The topological polar surface area (TPSA) is 72.8 Å². The molecule has 0 unspecified atom stereocenters. The molecule has 1 N–H and O–H groups in total. The lowest BCUT2D eigenvalue weighted by molar-refractivity contribution is -0.0411. The van der Waals surface area contributed by atoms with Gasteiger partial charge in [0.25, 0.3) is 0 Å². The highest BCUT2D eigenvalue weighted by Crippen LogP contribution is 2.37. The van der Waals surface area contributed by atoms with Crippen LogP contribution in [0.3, 0.4) is 0 Å². The van der Waals surface area contributed by atoms with E-state index in [4.69, 9.17) is 9.72 Å². The molecule has 5 rings (SSSR count). The van der Waals surface area contributed by atoms with E-state index >= 15 is 0 Å². The molecule has 0 aromatic carbocycles. The number of aromatic nitrogens is 4. The predicted molar refractivity (Wildman–Crippen MR) is 112 cm³/mol. The van der Waals surface area contributed by atoms with Crippen molar-refractivity contribution in [2.75, 3.05) is 11.9 Å². The Morgan fingerprint density at radius 2 is 2.14 bits per heavy atom. The number of hydrogen-bond acceptors (Lipinski definition) is 7. The van der Waals surface area contributed by atoms with E-state index in [0.717, 1.165) is 62.6 Å². The van der Waals surface area contributed by atoms with E-state index in [1.54, 1.807) is 17.7 Å². The van der Waals surface area contributed by atoms with Gasteiger partial charge in [0.1, 0.15) is 17.0 Å². The summed E-state index contributed by atoms with van der Waals surface area (Å²) in [6.07, 6.45) is 5.11. The van der Waals surface area contributed by atoms with E-state index in [1.807, 2.05) is 24.4 Å². The Kier molecular flexibility index (Phi) is 4.21. The van der Waals surface area contributed by atoms with Crippen LogP contribution in [0, 0.1) is 0 Å². The molecule has 0 atom stereocenters. The zero-order valence-electron chi connectivity index (χ0n) is 15.9. The summed E-state index contributed by atoms with van der Waals surface area (Å²) < 4.78 is 7.01. The second-order valence-corrected chi connectivity index (χ2v) is 8.67. The van der Waals surface area contributed by atoms with Crippen molar-refractivity contribution in [3.8, 4) is 0 Å². The third-order valence-corrected chi connectivity index (χ3v) is 6.12. The normalized spacial score (nSPS) is 15.6. The summed E-state index contributed by atoms with van der Waals surface area (Å²) in [7, 11) is 0. The third-order valence-electron chi connectivity index (χ3n) is 5.03. The second kappa shape index (κ2) is 6.76. The zero-order valence-corrected chi connectivity index (χ0v) is 16.7. The molecule has 1 aliphatic heterocycles. The van der Waals surface area contributed by atoms with Crippen LogP contribution in [0.2, 0.25) is 0 Å². The van der Waals surface area contributed by atoms with Crippen molar-refractivity contribution < 1.29 is 4.74 Å². The van der Waals surface area contributed by atoms with Crippen LogP contribution in [0.15, 0.2) is 36.8 Å². The second-order valence-electron chi connectivity index (χ2n) is 7.67. The van der Waals surface area contributed by atoms with Crippen LogP contribution in [-0.2, 0) is 24.2 Å². The molecule has 0 spiro atoms. The molecule has 1 aliphatic rings. The van der Waals surface area contributed by atoms with Gasteiger partial charge in [0, 0.05) is 42.2 Å². The van der Waals surface area contributed by atoms with Crippen molar-refractivity contribution >= 4 is 37.6 Å². The van der Waals surface area contributed by atoms with Crippen molar-refractivity contribution in [2.24, 2.45) is 0 Å². The minimum atomic E-state index is -0.164. The molecule has 28 heavy (non-hydrogen) atoms. The van der Waals surface area contributed by atoms with Crippen LogP contribution in [0.1, 0.15) is 30.8 Å². The van der Waals surface area contributed by atoms with Gasteiger partial charge in [0.15, 0.2) is 0 Å². The monoisotopic (exact) mass is 391 g/mol. The smallest absolute Gasteiger partial charge is 0.147 e.